The van der Waals surface area contributed by atoms with Crippen LogP contribution in [-0.4, -0.2) is 65.2 Å². The second-order valence-electron chi connectivity index (χ2n) is 8.64. The zero-order valence-corrected chi connectivity index (χ0v) is 20.6. The van der Waals surface area contributed by atoms with E-state index in [9.17, 15) is 13.2 Å². The lowest BCUT2D eigenvalue weighted by atomic mass is 10.0. The number of nitrogens with zero attached hydrogens (tertiary/aromatic N) is 1. The average Bonchev–Trinajstić information content (AvgIpc) is 2.78. The third-order valence-electron chi connectivity index (χ3n) is 5.86. The van der Waals surface area contributed by atoms with E-state index in [1.807, 2.05) is 6.92 Å². The van der Waals surface area contributed by atoms with Crippen LogP contribution in [0.25, 0.3) is 0 Å². The largest absolute Gasteiger partial charge is 0.491 e. The molecular formula is C24H33N3O5S. The minimum absolute atomic E-state index is 0.0595. The van der Waals surface area contributed by atoms with Crippen LogP contribution in [0.5, 0.6) is 5.75 Å². The maximum atomic E-state index is 13.3. The van der Waals surface area contributed by atoms with Crippen molar-refractivity contribution in [2.75, 3.05) is 38.6 Å². The number of carbonyl (C=O) groups is 1. The number of rotatable bonds is 4. The number of fused-ring (bicyclic) bond motifs is 1. The number of amides is 1. The molecule has 9 heteroatoms. The third kappa shape index (κ3) is 6.04. The number of likely N-dealkylation sites (N-methyl/N-ethyl adjacent to an activating group) is 1. The van der Waals surface area contributed by atoms with E-state index in [1.165, 1.54) is 6.07 Å². The van der Waals surface area contributed by atoms with Crippen LogP contribution in [0.4, 0.5) is 5.69 Å². The van der Waals surface area contributed by atoms with Gasteiger partial charge in [0, 0.05) is 39.0 Å². The number of hydrogen-bond acceptors (Lipinski definition) is 6. The number of nitrogens with one attached hydrogen (secondary N) is 2. The van der Waals surface area contributed by atoms with Gasteiger partial charge in [0.15, 0.2) is 0 Å². The van der Waals surface area contributed by atoms with Crippen molar-refractivity contribution in [1.82, 2.24) is 10.2 Å². The first-order valence-electron chi connectivity index (χ1n) is 11.0. The van der Waals surface area contributed by atoms with Gasteiger partial charge in [0.1, 0.15) is 12.4 Å². The van der Waals surface area contributed by atoms with Gasteiger partial charge in [-0.2, -0.15) is 0 Å². The van der Waals surface area contributed by atoms with Crippen molar-refractivity contribution < 1.29 is 22.7 Å². The van der Waals surface area contributed by atoms with Crippen molar-refractivity contribution >= 4 is 21.6 Å². The number of sulfonamides is 1. The predicted octanol–water partition coefficient (Wildman–Crippen LogP) is 2.89. The summed E-state index contributed by atoms with van der Waals surface area (Å²) in [7, 11) is -0.468. The van der Waals surface area contributed by atoms with Gasteiger partial charge in [-0.25, -0.2) is 8.42 Å². The van der Waals surface area contributed by atoms with E-state index >= 15 is 0 Å². The molecule has 0 fully saturated rings. The molecule has 1 aliphatic heterocycles. The second-order valence-corrected chi connectivity index (χ2v) is 10.3. The van der Waals surface area contributed by atoms with E-state index in [0.717, 1.165) is 6.54 Å². The highest BCUT2D eigenvalue weighted by atomic mass is 32.2. The van der Waals surface area contributed by atoms with Crippen LogP contribution in [0.15, 0.2) is 47.4 Å². The van der Waals surface area contributed by atoms with Crippen molar-refractivity contribution in [3.63, 3.8) is 0 Å². The number of benzene rings is 2. The summed E-state index contributed by atoms with van der Waals surface area (Å²) in [5, 5.41) is 3.44. The molecule has 0 radical (unpaired) electrons. The summed E-state index contributed by atoms with van der Waals surface area (Å²) < 4.78 is 40.1. The number of methoxy groups -OCH3 is 1. The molecule has 0 saturated heterocycles. The van der Waals surface area contributed by atoms with Gasteiger partial charge >= 0.3 is 0 Å². The van der Waals surface area contributed by atoms with E-state index in [0.29, 0.717) is 24.5 Å². The first-order valence-corrected chi connectivity index (χ1v) is 12.5. The summed E-state index contributed by atoms with van der Waals surface area (Å²) >= 11 is 0. The normalized spacial score (nSPS) is 22.5. The maximum Gasteiger partial charge on any atom is 0.262 e. The average molecular weight is 476 g/mol. The Kier molecular flexibility index (Phi) is 7.99. The van der Waals surface area contributed by atoms with Gasteiger partial charge in [-0.05, 0) is 49.6 Å². The molecule has 33 heavy (non-hydrogen) atoms. The molecule has 3 rings (SSSR count). The van der Waals surface area contributed by atoms with Crippen molar-refractivity contribution in [2.45, 2.75) is 37.8 Å². The molecule has 180 valence electrons. The minimum Gasteiger partial charge on any atom is -0.491 e. The van der Waals surface area contributed by atoms with E-state index in [-0.39, 0.29) is 40.1 Å². The molecule has 0 saturated carbocycles. The Morgan fingerprint density at radius 1 is 1.18 bits per heavy atom. The van der Waals surface area contributed by atoms with E-state index in [1.54, 1.807) is 62.4 Å². The van der Waals surface area contributed by atoms with Gasteiger partial charge in [-0.1, -0.05) is 25.1 Å². The molecule has 1 amide bonds. The molecule has 0 aliphatic carbocycles. The highest BCUT2D eigenvalue weighted by Crippen LogP contribution is 2.27. The molecule has 2 aromatic rings. The lowest BCUT2D eigenvalue weighted by Gasteiger charge is -2.30. The monoisotopic (exact) mass is 475 g/mol. The van der Waals surface area contributed by atoms with Gasteiger partial charge in [-0.15, -0.1) is 0 Å². The second kappa shape index (κ2) is 10.5. The van der Waals surface area contributed by atoms with Crippen LogP contribution >= 0.6 is 0 Å². The molecule has 1 aliphatic rings. The highest BCUT2D eigenvalue weighted by molar-refractivity contribution is 7.92. The van der Waals surface area contributed by atoms with Gasteiger partial charge in [0.05, 0.1) is 16.6 Å². The molecule has 0 spiro atoms. The Morgan fingerprint density at radius 2 is 1.91 bits per heavy atom. The molecule has 0 bridgehead atoms. The predicted molar refractivity (Wildman–Crippen MR) is 128 cm³/mol. The number of anilines is 1. The fraction of sp³-hybridized carbons (Fsp3) is 0.458. The Balaban J connectivity index is 1.95. The van der Waals surface area contributed by atoms with Gasteiger partial charge in [0.25, 0.3) is 15.9 Å². The first-order chi connectivity index (χ1) is 15.6. The van der Waals surface area contributed by atoms with Gasteiger partial charge in [0.2, 0.25) is 0 Å². The quantitative estimate of drug-likeness (QED) is 0.706. The van der Waals surface area contributed by atoms with E-state index in [2.05, 4.69) is 17.0 Å². The minimum atomic E-state index is -3.82. The van der Waals surface area contributed by atoms with Crippen LogP contribution in [0.3, 0.4) is 0 Å². The summed E-state index contributed by atoms with van der Waals surface area (Å²) in [6.45, 7) is 7.32. The van der Waals surface area contributed by atoms with Crippen LogP contribution in [0.1, 0.15) is 29.8 Å². The first kappa shape index (κ1) is 25.0. The maximum absolute atomic E-state index is 13.3. The van der Waals surface area contributed by atoms with Crippen molar-refractivity contribution in [2.24, 2.45) is 5.92 Å². The summed E-state index contributed by atoms with van der Waals surface area (Å²) in [5.74, 6) is 0.318. The molecule has 1 heterocycles. The zero-order chi connectivity index (χ0) is 24.2. The fourth-order valence-electron chi connectivity index (χ4n) is 3.79. The van der Waals surface area contributed by atoms with E-state index in [4.69, 9.17) is 9.47 Å². The molecular weight excluding hydrogens is 442 g/mol. The van der Waals surface area contributed by atoms with Crippen LogP contribution in [0, 0.1) is 12.8 Å². The number of aryl methyl sites for hydroxylation is 1. The van der Waals surface area contributed by atoms with Crippen molar-refractivity contribution in [3.05, 3.63) is 53.6 Å². The summed E-state index contributed by atoms with van der Waals surface area (Å²) in [4.78, 5) is 15.1. The lowest BCUT2D eigenvalue weighted by molar-refractivity contribution is 0.0281. The molecule has 0 unspecified atom stereocenters. The third-order valence-corrected chi connectivity index (χ3v) is 7.40. The SMILES string of the molecule is CO[C@@H]1CN(C)C(=O)c2cc(NS(=O)(=O)c3ccccc3C)ccc2OC[C@@H](C)NC[C@H]1C. The van der Waals surface area contributed by atoms with E-state index < -0.39 is 10.0 Å². The molecule has 8 nitrogen and oxygen atoms in total. The summed E-state index contributed by atoms with van der Waals surface area (Å²) in [5.41, 5.74) is 1.21. The van der Waals surface area contributed by atoms with Crippen molar-refractivity contribution in [1.29, 1.82) is 0 Å². The molecule has 2 N–H and O–H groups in total. The number of ether oxygens (including phenoxy) is 2. The summed E-state index contributed by atoms with van der Waals surface area (Å²) in [6.07, 6.45) is -0.148. The lowest BCUT2D eigenvalue weighted by Crippen LogP contribution is -2.44. The Morgan fingerprint density at radius 3 is 2.61 bits per heavy atom. The fourth-order valence-corrected chi connectivity index (χ4v) is 5.09. The highest BCUT2D eigenvalue weighted by Gasteiger charge is 2.26. The van der Waals surface area contributed by atoms with Gasteiger partial charge in [-0.3, -0.25) is 9.52 Å². The van der Waals surface area contributed by atoms with Crippen LogP contribution in [-0.2, 0) is 14.8 Å². The molecule has 3 atom stereocenters. The standard InChI is InChI=1S/C24H33N3O5S/c1-16-8-6-7-9-23(16)33(29,30)26-19-10-11-21-20(12-19)24(28)27(4)14-22(31-5)17(2)13-25-18(3)15-32-21/h6-12,17-18,22,25-26H,13-15H2,1-5H3/t17-,18-,22-/m1/s1. The summed E-state index contributed by atoms with van der Waals surface area (Å²) in [6, 6.07) is 11.6. The Labute approximate surface area is 196 Å². The number of carbonyl (C=O) groups excluding carboxylic acids is 1. The molecule has 2 aromatic carbocycles. The Hall–Kier alpha value is -2.62. The number of hydrogen-bond donors (Lipinski definition) is 2. The van der Waals surface area contributed by atoms with Gasteiger partial charge < -0.3 is 19.7 Å². The zero-order valence-electron chi connectivity index (χ0n) is 19.8. The van der Waals surface area contributed by atoms with Crippen LogP contribution in [0.2, 0.25) is 0 Å². The molecule has 0 aromatic heterocycles. The van der Waals surface area contributed by atoms with Crippen LogP contribution < -0.4 is 14.8 Å². The Bertz CT molecular complexity index is 1090. The smallest absolute Gasteiger partial charge is 0.262 e. The van der Waals surface area contributed by atoms with Crippen molar-refractivity contribution in [3.8, 4) is 5.75 Å². The topological polar surface area (TPSA) is 97.0 Å².